The number of carbonyl (C=O) groups excluding carboxylic acids is 3. The molecule has 1 atom stereocenters. The van der Waals surface area contributed by atoms with E-state index in [4.69, 9.17) is 4.74 Å². The molecule has 3 amide bonds. The van der Waals surface area contributed by atoms with Gasteiger partial charge in [0.25, 0.3) is 0 Å². The first-order chi connectivity index (χ1) is 12.5. The lowest BCUT2D eigenvalue weighted by atomic mass is 10.1. The Morgan fingerprint density at radius 2 is 1.77 bits per heavy atom. The van der Waals surface area contributed by atoms with E-state index in [1.807, 2.05) is 25.1 Å². The van der Waals surface area contributed by atoms with Gasteiger partial charge >= 0.3 is 0 Å². The minimum Gasteiger partial charge on any atom is -0.495 e. The van der Waals surface area contributed by atoms with Crippen LogP contribution >= 0.6 is 0 Å². The number of amides is 3. The van der Waals surface area contributed by atoms with Crippen LogP contribution in [-0.4, -0.2) is 31.4 Å². The summed E-state index contributed by atoms with van der Waals surface area (Å²) < 4.78 is 5.34. The number of methoxy groups -OCH3 is 1. The van der Waals surface area contributed by atoms with Crippen molar-refractivity contribution in [2.24, 2.45) is 11.8 Å². The predicted octanol–water partition coefficient (Wildman–Crippen LogP) is 1.69. The molecule has 2 N–H and O–H groups in total. The van der Waals surface area contributed by atoms with Gasteiger partial charge in [-0.25, -0.2) is 0 Å². The zero-order valence-electron chi connectivity index (χ0n) is 15.2. The summed E-state index contributed by atoms with van der Waals surface area (Å²) in [6.07, 6.45) is 3.95. The van der Waals surface area contributed by atoms with Crippen molar-refractivity contribution in [1.82, 2.24) is 10.9 Å². The zero-order valence-corrected chi connectivity index (χ0v) is 15.2. The summed E-state index contributed by atoms with van der Waals surface area (Å²) in [4.78, 5) is 38.4. The lowest BCUT2D eigenvalue weighted by molar-refractivity contribution is -0.133. The lowest BCUT2D eigenvalue weighted by Gasteiger charge is -2.20. The Morgan fingerprint density at radius 1 is 1.12 bits per heavy atom. The molecule has 7 heteroatoms. The molecule has 0 radical (unpaired) electrons. The molecular formula is C19H25N3O4. The maximum Gasteiger partial charge on any atom is 0.243 e. The fraction of sp³-hybridized carbons (Fsp3) is 0.526. The second kappa shape index (κ2) is 7.76. The van der Waals surface area contributed by atoms with Crippen molar-refractivity contribution < 1.29 is 19.1 Å². The SMILES string of the molecule is COc1ccc(C)cc1N1CC(C(=O)NNC(=O)C2CCCC2)CC1=O. The van der Waals surface area contributed by atoms with Crippen LogP contribution in [0.5, 0.6) is 5.75 Å². The molecule has 140 valence electrons. The molecule has 1 aromatic rings. The number of rotatable bonds is 4. The van der Waals surface area contributed by atoms with Crippen molar-refractivity contribution in [1.29, 1.82) is 0 Å². The van der Waals surface area contributed by atoms with Crippen LogP contribution in [0.3, 0.4) is 0 Å². The van der Waals surface area contributed by atoms with Crippen molar-refractivity contribution in [3.05, 3.63) is 23.8 Å². The topological polar surface area (TPSA) is 87.7 Å². The van der Waals surface area contributed by atoms with Gasteiger partial charge in [-0.3, -0.25) is 25.2 Å². The third-order valence-electron chi connectivity index (χ3n) is 5.16. The molecule has 0 spiro atoms. The van der Waals surface area contributed by atoms with E-state index in [0.29, 0.717) is 11.4 Å². The summed E-state index contributed by atoms with van der Waals surface area (Å²) in [6, 6.07) is 5.59. The van der Waals surface area contributed by atoms with E-state index in [1.165, 1.54) is 0 Å². The second-order valence-corrected chi connectivity index (χ2v) is 7.04. The van der Waals surface area contributed by atoms with Crippen LogP contribution in [0.4, 0.5) is 5.69 Å². The fourth-order valence-corrected chi connectivity index (χ4v) is 3.64. The number of aryl methyl sites for hydroxylation is 1. The van der Waals surface area contributed by atoms with Crippen LogP contribution in [-0.2, 0) is 14.4 Å². The highest BCUT2D eigenvalue weighted by Crippen LogP contribution is 2.34. The average molecular weight is 359 g/mol. The molecule has 7 nitrogen and oxygen atoms in total. The highest BCUT2D eigenvalue weighted by Gasteiger charge is 2.36. The van der Waals surface area contributed by atoms with Gasteiger partial charge in [0.05, 0.1) is 18.7 Å². The Balaban J connectivity index is 1.61. The number of hydrazine groups is 1. The van der Waals surface area contributed by atoms with Crippen molar-refractivity contribution in [2.75, 3.05) is 18.6 Å². The summed E-state index contributed by atoms with van der Waals surface area (Å²) >= 11 is 0. The van der Waals surface area contributed by atoms with Crippen LogP contribution in [0.1, 0.15) is 37.7 Å². The van der Waals surface area contributed by atoms with E-state index in [2.05, 4.69) is 10.9 Å². The molecular weight excluding hydrogens is 334 g/mol. The van der Waals surface area contributed by atoms with E-state index in [1.54, 1.807) is 12.0 Å². The van der Waals surface area contributed by atoms with E-state index >= 15 is 0 Å². The summed E-state index contributed by atoms with van der Waals surface area (Å²) in [6.45, 7) is 2.20. The van der Waals surface area contributed by atoms with Crippen LogP contribution in [0, 0.1) is 18.8 Å². The van der Waals surface area contributed by atoms with Crippen molar-refractivity contribution in [2.45, 2.75) is 39.0 Å². The minimum absolute atomic E-state index is 0.0198. The molecule has 0 aromatic heterocycles. The molecule has 1 saturated heterocycles. The summed E-state index contributed by atoms with van der Waals surface area (Å²) in [5.74, 6) is -0.530. The number of benzene rings is 1. The van der Waals surface area contributed by atoms with Crippen LogP contribution in [0.25, 0.3) is 0 Å². The highest BCUT2D eigenvalue weighted by atomic mass is 16.5. The van der Waals surface area contributed by atoms with Gasteiger partial charge in [-0.05, 0) is 37.5 Å². The molecule has 1 saturated carbocycles. The third-order valence-corrected chi connectivity index (χ3v) is 5.16. The minimum atomic E-state index is -0.503. The fourth-order valence-electron chi connectivity index (χ4n) is 3.64. The first-order valence-electron chi connectivity index (χ1n) is 9.04. The predicted molar refractivity (Wildman–Crippen MR) is 96.4 cm³/mol. The molecule has 1 aliphatic carbocycles. The molecule has 26 heavy (non-hydrogen) atoms. The quantitative estimate of drug-likeness (QED) is 0.801. The monoisotopic (exact) mass is 359 g/mol. The number of hydrogen-bond donors (Lipinski definition) is 2. The number of nitrogens with one attached hydrogen (secondary N) is 2. The maximum absolute atomic E-state index is 12.4. The van der Waals surface area contributed by atoms with Crippen LogP contribution in [0.2, 0.25) is 0 Å². The second-order valence-electron chi connectivity index (χ2n) is 7.04. The van der Waals surface area contributed by atoms with E-state index in [9.17, 15) is 14.4 Å². The molecule has 0 bridgehead atoms. The van der Waals surface area contributed by atoms with E-state index in [-0.39, 0.29) is 36.6 Å². The molecule has 1 aliphatic heterocycles. The van der Waals surface area contributed by atoms with Crippen molar-refractivity contribution in [3.8, 4) is 5.75 Å². The Morgan fingerprint density at radius 3 is 2.42 bits per heavy atom. The Kier molecular flexibility index (Phi) is 5.44. The van der Waals surface area contributed by atoms with E-state index < -0.39 is 5.92 Å². The highest BCUT2D eigenvalue weighted by molar-refractivity contribution is 6.01. The normalized spacial score (nSPS) is 20.3. The largest absolute Gasteiger partial charge is 0.495 e. The Bertz CT molecular complexity index is 713. The molecule has 1 aromatic carbocycles. The molecule has 2 aliphatic rings. The van der Waals surface area contributed by atoms with Crippen LogP contribution in [0.15, 0.2) is 18.2 Å². The van der Waals surface area contributed by atoms with Gasteiger partial charge in [-0.15, -0.1) is 0 Å². The number of hydrogen-bond acceptors (Lipinski definition) is 4. The van der Waals surface area contributed by atoms with Gasteiger partial charge < -0.3 is 9.64 Å². The summed E-state index contributed by atoms with van der Waals surface area (Å²) in [5, 5.41) is 0. The first kappa shape index (κ1) is 18.2. The van der Waals surface area contributed by atoms with Crippen LogP contribution < -0.4 is 20.5 Å². The Hall–Kier alpha value is -2.57. The number of carbonyl (C=O) groups is 3. The number of ether oxygens (including phenoxy) is 1. The lowest BCUT2D eigenvalue weighted by Crippen LogP contribution is -2.47. The van der Waals surface area contributed by atoms with Gasteiger partial charge in [0, 0.05) is 18.9 Å². The van der Waals surface area contributed by atoms with Crippen molar-refractivity contribution >= 4 is 23.4 Å². The van der Waals surface area contributed by atoms with Gasteiger partial charge in [0.15, 0.2) is 0 Å². The van der Waals surface area contributed by atoms with Crippen molar-refractivity contribution in [3.63, 3.8) is 0 Å². The van der Waals surface area contributed by atoms with E-state index in [0.717, 1.165) is 31.2 Å². The average Bonchev–Trinajstić information content (AvgIpc) is 3.29. The molecule has 1 unspecified atom stereocenters. The standard InChI is InChI=1S/C19H25N3O4/c1-12-7-8-16(26-2)15(9-12)22-11-14(10-17(22)23)19(25)21-20-18(24)13-5-3-4-6-13/h7-9,13-14H,3-6,10-11H2,1-2H3,(H,20,24)(H,21,25). The molecule has 3 rings (SSSR count). The zero-order chi connectivity index (χ0) is 18.7. The number of anilines is 1. The van der Waals surface area contributed by atoms with Gasteiger partial charge in [-0.2, -0.15) is 0 Å². The summed E-state index contributed by atoms with van der Waals surface area (Å²) in [5.41, 5.74) is 6.67. The molecule has 1 heterocycles. The Labute approximate surface area is 153 Å². The number of nitrogens with zero attached hydrogens (tertiary/aromatic N) is 1. The van der Waals surface area contributed by atoms with Gasteiger partial charge in [-0.1, -0.05) is 18.9 Å². The molecule has 2 fully saturated rings. The summed E-state index contributed by atoms with van der Waals surface area (Å²) in [7, 11) is 1.55. The van der Waals surface area contributed by atoms with Gasteiger partial charge in [0.2, 0.25) is 17.7 Å². The first-order valence-corrected chi connectivity index (χ1v) is 9.04. The smallest absolute Gasteiger partial charge is 0.243 e. The van der Waals surface area contributed by atoms with Gasteiger partial charge in [0.1, 0.15) is 5.75 Å². The maximum atomic E-state index is 12.4. The third kappa shape index (κ3) is 3.81.